The van der Waals surface area contributed by atoms with Gasteiger partial charge in [-0.1, -0.05) is 12.1 Å². The molecule has 0 radical (unpaired) electrons. The quantitative estimate of drug-likeness (QED) is 0.139. The molecule has 4 aliphatic heterocycles. The molecule has 1 aromatic carbocycles. The minimum absolute atomic E-state index is 0.0242. The number of piperidine rings is 2. The number of aliphatic hydroxyl groups excluding tert-OH is 1. The van der Waals surface area contributed by atoms with Crippen LogP contribution in [-0.4, -0.2) is 117 Å². The molecule has 13 nitrogen and oxygen atoms in total. The van der Waals surface area contributed by atoms with E-state index >= 15 is 0 Å². The van der Waals surface area contributed by atoms with Crippen molar-refractivity contribution in [3.63, 3.8) is 0 Å². The number of ether oxygens (including phenoxy) is 5. The predicted octanol–water partition coefficient (Wildman–Crippen LogP) is 7.50. The number of aliphatic hydroxyl groups is 1. The summed E-state index contributed by atoms with van der Waals surface area (Å²) in [6.07, 6.45) is 18.1. The Labute approximate surface area is 358 Å². The number of carbonyl (C=O) groups excluding carboxylic acids is 1. The second kappa shape index (κ2) is 23.0. The van der Waals surface area contributed by atoms with E-state index in [1.807, 2.05) is 57.4 Å². The Balaban J connectivity index is 0.000000232. The molecule has 0 saturated carbocycles. The zero-order valence-electron chi connectivity index (χ0n) is 36.6. The molecule has 3 aromatic rings. The highest BCUT2D eigenvalue weighted by Gasteiger charge is 2.33. The van der Waals surface area contributed by atoms with Gasteiger partial charge in [0.1, 0.15) is 36.1 Å². The molecule has 2 atom stereocenters. The minimum Gasteiger partial charge on any atom is -0.497 e. The molecule has 6 heterocycles. The molecule has 2 aromatic heterocycles. The number of aromatic nitrogens is 2. The Morgan fingerprint density at radius 1 is 0.767 bits per heavy atom. The minimum atomic E-state index is -0.499. The van der Waals surface area contributed by atoms with Crippen molar-refractivity contribution in [2.45, 2.75) is 109 Å². The molecule has 330 valence electrons. The first kappa shape index (κ1) is 45.2. The van der Waals surface area contributed by atoms with Gasteiger partial charge in [0.2, 0.25) is 0 Å². The number of methoxy groups -OCH3 is 1. The van der Waals surface area contributed by atoms with Crippen LogP contribution >= 0.6 is 0 Å². The fourth-order valence-electron chi connectivity index (χ4n) is 8.48. The molecule has 0 unspecified atom stereocenters. The number of hydrogen-bond donors (Lipinski definition) is 2. The number of likely N-dealkylation sites (tertiary alicyclic amines) is 1. The van der Waals surface area contributed by atoms with Crippen LogP contribution in [0.25, 0.3) is 0 Å². The zero-order valence-corrected chi connectivity index (χ0v) is 36.6. The molecule has 1 amide bonds. The van der Waals surface area contributed by atoms with Gasteiger partial charge in [0.05, 0.1) is 55.9 Å². The van der Waals surface area contributed by atoms with E-state index < -0.39 is 5.60 Å². The first-order chi connectivity index (χ1) is 29.2. The van der Waals surface area contributed by atoms with Gasteiger partial charge in [-0.15, -0.1) is 0 Å². The van der Waals surface area contributed by atoms with Gasteiger partial charge in [0.15, 0.2) is 0 Å². The molecule has 4 saturated heterocycles. The maximum Gasteiger partial charge on any atom is 0.410 e. The van der Waals surface area contributed by atoms with Gasteiger partial charge in [0.25, 0.3) is 0 Å². The summed E-state index contributed by atoms with van der Waals surface area (Å²) >= 11 is 0. The van der Waals surface area contributed by atoms with Gasteiger partial charge in [0, 0.05) is 64.1 Å². The van der Waals surface area contributed by atoms with Crippen LogP contribution in [0.4, 0.5) is 16.2 Å². The fourth-order valence-corrected chi connectivity index (χ4v) is 8.48. The van der Waals surface area contributed by atoms with Gasteiger partial charge in [-0.3, -0.25) is 9.97 Å². The Morgan fingerprint density at radius 3 is 1.95 bits per heavy atom. The summed E-state index contributed by atoms with van der Waals surface area (Å²) in [7, 11) is 1.68. The smallest absolute Gasteiger partial charge is 0.410 e. The molecule has 7 rings (SSSR count). The monoisotopic (exact) mass is 831 g/mol. The van der Waals surface area contributed by atoms with Gasteiger partial charge in [-0.25, -0.2) is 4.79 Å². The second-order valence-electron chi connectivity index (χ2n) is 17.7. The SMILES string of the molecule is COc1ccc(COCCC2CCN(c3cncc(OC[C@@H]4CCCN4C(=O)OC(C)(C)C)c3)CC2)cc1.OCCC1CCN(c2cncc(OC[C@@H]3CCCN3)c2)CC1. The van der Waals surface area contributed by atoms with Crippen LogP contribution in [0.3, 0.4) is 0 Å². The maximum absolute atomic E-state index is 12.6. The molecule has 4 aliphatic rings. The standard InChI is InChI=1S/C30H43N3O5.C17H27N3O2/c1-30(2,3)38-29(34)33-14-5-6-25(33)22-37-28-18-26(19-31-20-28)32-15-11-23(12-16-32)13-17-36-21-24-7-9-27(35-4)10-8-24;21-9-5-14-3-7-20(8-4-14)16-10-17(12-18-11-16)22-13-15-2-1-6-19-15/h7-10,18-20,23,25H,5-6,11-17,21-22H2,1-4H3;10-12,14-15,19,21H,1-9,13H2/t25-;15-/m00/s1. The number of nitrogens with one attached hydrogen (secondary N) is 1. The summed E-state index contributed by atoms with van der Waals surface area (Å²) < 4.78 is 28.7. The Hall–Kier alpha value is -4.33. The van der Waals surface area contributed by atoms with Crippen LogP contribution in [0, 0.1) is 11.8 Å². The topological polar surface area (TPSA) is 131 Å². The molecular weight excluding hydrogens is 761 g/mol. The normalized spacial score (nSPS) is 20.1. The average Bonchev–Trinajstić information content (AvgIpc) is 3.98. The molecule has 60 heavy (non-hydrogen) atoms. The zero-order chi connectivity index (χ0) is 42.2. The fraction of sp³-hybridized carbons (Fsp3) is 0.638. The number of rotatable bonds is 16. The summed E-state index contributed by atoms with van der Waals surface area (Å²) in [5, 5.41) is 12.5. The van der Waals surface area contributed by atoms with Crippen molar-refractivity contribution in [1.29, 1.82) is 0 Å². The van der Waals surface area contributed by atoms with E-state index in [1.165, 1.54) is 18.4 Å². The lowest BCUT2D eigenvalue weighted by atomic mass is 9.94. The van der Waals surface area contributed by atoms with E-state index in [1.54, 1.807) is 24.4 Å². The summed E-state index contributed by atoms with van der Waals surface area (Å²) in [4.78, 5) is 27.9. The van der Waals surface area contributed by atoms with Crippen molar-refractivity contribution in [1.82, 2.24) is 20.2 Å². The highest BCUT2D eigenvalue weighted by Crippen LogP contribution is 2.29. The molecule has 13 heteroatoms. The van der Waals surface area contributed by atoms with E-state index in [0.29, 0.717) is 44.2 Å². The lowest BCUT2D eigenvalue weighted by Gasteiger charge is -2.33. The number of amides is 1. The highest BCUT2D eigenvalue weighted by atomic mass is 16.6. The molecule has 0 spiro atoms. The van der Waals surface area contributed by atoms with E-state index in [9.17, 15) is 4.79 Å². The highest BCUT2D eigenvalue weighted by molar-refractivity contribution is 5.69. The van der Waals surface area contributed by atoms with Gasteiger partial charge < -0.3 is 48.8 Å². The van der Waals surface area contributed by atoms with Crippen LogP contribution in [-0.2, 0) is 16.1 Å². The van der Waals surface area contributed by atoms with Crippen molar-refractivity contribution < 1.29 is 33.6 Å². The van der Waals surface area contributed by atoms with Crippen LogP contribution in [0.15, 0.2) is 61.2 Å². The third-order valence-electron chi connectivity index (χ3n) is 12.1. The third-order valence-corrected chi connectivity index (χ3v) is 12.1. The summed E-state index contributed by atoms with van der Waals surface area (Å²) in [6.45, 7) is 14.5. The van der Waals surface area contributed by atoms with Gasteiger partial charge in [-0.05, 0) is 121 Å². The number of hydrogen-bond acceptors (Lipinski definition) is 12. The lowest BCUT2D eigenvalue weighted by Crippen LogP contribution is -2.42. The molecular formula is C47H70N6O7. The van der Waals surface area contributed by atoms with Crippen molar-refractivity contribution in [2.75, 3.05) is 82.6 Å². The van der Waals surface area contributed by atoms with E-state index in [-0.39, 0.29) is 12.1 Å². The van der Waals surface area contributed by atoms with Crippen molar-refractivity contribution in [2.24, 2.45) is 11.8 Å². The Morgan fingerprint density at radius 2 is 1.38 bits per heavy atom. The molecule has 4 fully saturated rings. The molecule has 0 bridgehead atoms. The Kier molecular flexibility index (Phi) is 17.4. The second-order valence-corrected chi connectivity index (χ2v) is 17.7. The van der Waals surface area contributed by atoms with Crippen molar-refractivity contribution in [3.05, 3.63) is 66.7 Å². The average molecular weight is 831 g/mol. The third kappa shape index (κ3) is 14.4. The van der Waals surface area contributed by atoms with Crippen LogP contribution < -0.4 is 29.3 Å². The maximum atomic E-state index is 12.6. The summed E-state index contributed by atoms with van der Waals surface area (Å²) in [6, 6.07) is 12.7. The number of anilines is 2. The summed E-state index contributed by atoms with van der Waals surface area (Å²) in [5.74, 6) is 3.82. The predicted molar refractivity (Wildman–Crippen MR) is 235 cm³/mol. The first-order valence-electron chi connectivity index (χ1n) is 22.4. The van der Waals surface area contributed by atoms with E-state index in [0.717, 1.165) is 126 Å². The van der Waals surface area contributed by atoms with Gasteiger partial charge >= 0.3 is 6.09 Å². The lowest BCUT2D eigenvalue weighted by molar-refractivity contribution is 0.0187. The number of nitrogens with zero attached hydrogens (tertiary/aromatic N) is 5. The van der Waals surface area contributed by atoms with Crippen molar-refractivity contribution in [3.8, 4) is 17.2 Å². The number of pyridine rings is 2. The van der Waals surface area contributed by atoms with Crippen molar-refractivity contribution >= 4 is 17.5 Å². The van der Waals surface area contributed by atoms with E-state index in [2.05, 4.69) is 37.2 Å². The van der Waals surface area contributed by atoms with Crippen LogP contribution in [0.5, 0.6) is 17.2 Å². The number of benzene rings is 1. The summed E-state index contributed by atoms with van der Waals surface area (Å²) in [5.41, 5.74) is 2.91. The molecule has 2 N–H and O–H groups in total. The van der Waals surface area contributed by atoms with Gasteiger partial charge in [-0.2, -0.15) is 0 Å². The molecule has 0 aliphatic carbocycles. The number of carbonyl (C=O) groups is 1. The largest absolute Gasteiger partial charge is 0.497 e. The van der Waals surface area contributed by atoms with Crippen LogP contribution in [0.1, 0.15) is 90.5 Å². The Bertz CT molecular complexity index is 1700. The van der Waals surface area contributed by atoms with Crippen LogP contribution in [0.2, 0.25) is 0 Å². The van der Waals surface area contributed by atoms with E-state index in [4.69, 9.17) is 28.8 Å². The first-order valence-corrected chi connectivity index (χ1v) is 22.4.